The third-order valence-corrected chi connectivity index (χ3v) is 4.57. The summed E-state index contributed by atoms with van der Waals surface area (Å²) in [4.78, 5) is 21.4. The molecule has 1 aromatic heterocycles. The molecule has 3 aromatic carbocycles. The third-order valence-electron chi connectivity index (χ3n) is 4.18. The molecule has 0 amide bonds. The topological polar surface area (TPSA) is 52.1 Å². The Balaban J connectivity index is 1.61. The highest BCUT2D eigenvalue weighted by atomic mass is 35.5. The lowest BCUT2D eigenvalue weighted by Gasteiger charge is -2.11. The number of ketones is 1. The van der Waals surface area contributed by atoms with Crippen molar-refractivity contribution in [3.05, 3.63) is 101 Å². The largest absolute Gasteiger partial charge is 0.487 e. The van der Waals surface area contributed by atoms with E-state index in [1.165, 1.54) is 0 Å². The number of fused-ring (bicyclic) bond motifs is 1. The molecule has 0 aliphatic heterocycles. The summed E-state index contributed by atoms with van der Waals surface area (Å²) in [6, 6.07) is 20.2. The van der Waals surface area contributed by atoms with E-state index in [-0.39, 0.29) is 5.78 Å². The summed E-state index contributed by atoms with van der Waals surface area (Å²) in [6.07, 6.45) is 3.22. The van der Waals surface area contributed by atoms with Gasteiger partial charge in [0.2, 0.25) is 0 Å². The van der Waals surface area contributed by atoms with E-state index >= 15 is 0 Å². The van der Waals surface area contributed by atoms with Crippen LogP contribution in [-0.2, 0) is 6.61 Å². The fraction of sp³-hybridized carbons (Fsp3) is 0.0455. The van der Waals surface area contributed by atoms with Crippen molar-refractivity contribution < 1.29 is 9.53 Å². The molecule has 0 bridgehead atoms. The SMILES string of the molecule is O=C(c1ccc2nccnc2c1)c1cccc(OCc2ccccc2)c1Cl. The van der Waals surface area contributed by atoms with Gasteiger partial charge in [-0.1, -0.05) is 48.0 Å². The van der Waals surface area contributed by atoms with Gasteiger partial charge in [0.25, 0.3) is 0 Å². The van der Waals surface area contributed by atoms with Crippen molar-refractivity contribution >= 4 is 28.4 Å². The van der Waals surface area contributed by atoms with Gasteiger partial charge in [-0.25, -0.2) is 0 Å². The number of ether oxygens (including phenoxy) is 1. The van der Waals surface area contributed by atoms with E-state index in [2.05, 4.69) is 9.97 Å². The zero-order chi connectivity index (χ0) is 18.6. The van der Waals surface area contributed by atoms with Crippen LogP contribution in [0, 0.1) is 0 Å². The van der Waals surface area contributed by atoms with Crippen molar-refractivity contribution in [2.24, 2.45) is 0 Å². The smallest absolute Gasteiger partial charge is 0.194 e. The van der Waals surface area contributed by atoms with Crippen molar-refractivity contribution in [2.75, 3.05) is 0 Å². The third kappa shape index (κ3) is 3.66. The minimum Gasteiger partial charge on any atom is -0.487 e. The quantitative estimate of drug-likeness (QED) is 0.456. The predicted molar refractivity (Wildman–Crippen MR) is 105 cm³/mol. The summed E-state index contributed by atoms with van der Waals surface area (Å²) < 4.78 is 5.81. The summed E-state index contributed by atoms with van der Waals surface area (Å²) in [5.74, 6) is 0.296. The normalized spacial score (nSPS) is 10.7. The van der Waals surface area contributed by atoms with Gasteiger partial charge in [0.1, 0.15) is 12.4 Å². The lowest BCUT2D eigenvalue weighted by Crippen LogP contribution is -2.04. The molecule has 0 N–H and O–H groups in total. The fourth-order valence-corrected chi connectivity index (χ4v) is 3.06. The van der Waals surface area contributed by atoms with Gasteiger partial charge < -0.3 is 4.74 Å². The van der Waals surface area contributed by atoms with Gasteiger partial charge in [-0.05, 0) is 35.9 Å². The second kappa shape index (κ2) is 7.56. The number of benzene rings is 3. The van der Waals surface area contributed by atoms with E-state index in [1.54, 1.807) is 48.8 Å². The Bertz CT molecular complexity index is 1110. The van der Waals surface area contributed by atoms with Crippen LogP contribution in [0.15, 0.2) is 79.1 Å². The molecule has 0 radical (unpaired) electrons. The van der Waals surface area contributed by atoms with Crippen LogP contribution in [0.25, 0.3) is 11.0 Å². The standard InChI is InChI=1S/C22H15ClN2O2/c23-21-17(7-4-8-20(21)27-14-15-5-2-1-3-6-15)22(26)16-9-10-18-19(13-16)25-12-11-24-18/h1-13H,14H2. The van der Waals surface area contributed by atoms with Crippen molar-refractivity contribution in [3.8, 4) is 5.75 Å². The van der Waals surface area contributed by atoms with Crippen LogP contribution in [-0.4, -0.2) is 15.8 Å². The number of halogens is 1. The maximum absolute atomic E-state index is 12.9. The molecular weight excluding hydrogens is 360 g/mol. The van der Waals surface area contributed by atoms with Crippen LogP contribution in [0.2, 0.25) is 5.02 Å². The van der Waals surface area contributed by atoms with Crippen LogP contribution in [0.1, 0.15) is 21.5 Å². The molecule has 0 aliphatic rings. The Morgan fingerprint density at radius 3 is 2.48 bits per heavy atom. The van der Waals surface area contributed by atoms with Crippen LogP contribution in [0.4, 0.5) is 0 Å². The van der Waals surface area contributed by atoms with Gasteiger partial charge in [0.05, 0.1) is 16.1 Å². The molecular formula is C22H15ClN2O2. The summed E-state index contributed by atoms with van der Waals surface area (Å²) in [7, 11) is 0. The molecule has 0 spiro atoms. The Labute approximate surface area is 161 Å². The van der Waals surface area contributed by atoms with E-state index < -0.39 is 0 Å². The van der Waals surface area contributed by atoms with Gasteiger partial charge in [0.15, 0.2) is 5.78 Å². The van der Waals surface area contributed by atoms with Gasteiger partial charge in [-0.3, -0.25) is 14.8 Å². The maximum atomic E-state index is 12.9. The van der Waals surface area contributed by atoms with Gasteiger partial charge >= 0.3 is 0 Å². The predicted octanol–water partition coefficient (Wildman–Crippen LogP) is 5.09. The highest BCUT2D eigenvalue weighted by Crippen LogP contribution is 2.30. The van der Waals surface area contributed by atoms with E-state index in [4.69, 9.17) is 16.3 Å². The van der Waals surface area contributed by atoms with Crippen LogP contribution < -0.4 is 4.74 Å². The number of carbonyl (C=O) groups is 1. The Hall–Kier alpha value is -3.24. The van der Waals surface area contributed by atoms with E-state index in [1.807, 2.05) is 30.3 Å². The molecule has 27 heavy (non-hydrogen) atoms. The van der Waals surface area contributed by atoms with E-state index in [0.29, 0.717) is 34.0 Å². The molecule has 4 nitrogen and oxygen atoms in total. The molecule has 1 heterocycles. The zero-order valence-electron chi connectivity index (χ0n) is 14.3. The minimum absolute atomic E-state index is 0.183. The summed E-state index contributed by atoms with van der Waals surface area (Å²) in [5.41, 5.74) is 3.32. The lowest BCUT2D eigenvalue weighted by molar-refractivity contribution is 0.103. The second-order valence-electron chi connectivity index (χ2n) is 5.98. The number of rotatable bonds is 5. The first-order valence-electron chi connectivity index (χ1n) is 8.43. The van der Waals surface area contributed by atoms with Crippen LogP contribution in [0.5, 0.6) is 5.75 Å². The number of carbonyl (C=O) groups excluding carboxylic acids is 1. The second-order valence-corrected chi connectivity index (χ2v) is 6.36. The van der Waals surface area contributed by atoms with Gasteiger partial charge in [-0.2, -0.15) is 0 Å². The van der Waals surface area contributed by atoms with Crippen molar-refractivity contribution in [1.82, 2.24) is 9.97 Å². The molecule has 4 rings (SSSR count). The van der Waals surface area contributed by atoms with Gasteiger partial charge in [-0.15, -0.1) is 0 Å². The molecule has 0 saturated heterocycles. The number of hydrogen-bond donors (Lipinski definition) is 0. The summed E-state index contributed by atoms with van der Waals surface area (Å²) in [5, 5.41) is 0.303. The monoisotopic (exact) mass is 374 g/mol. The first kappa shape index (κ1) is 17.2. The number of nitrogens with zero attached hydrogens (tertiary/aromatic N) is 2. The highest BCUT2D eigenvalue weighted by molar-refractivity contribution is 6.36. The maximum Gasteiger partial charge on any atom is 0.194 e. The fourth-order valence-electron chi connectivity index (χ4n) is 2.79. The molecule has 0 atom stereocenters. The average molecular weight is 375 g/mol. The Morgan fingerprint density at radius 2 is 1.67 bits per heavy atom. The number of hydrogen-bond acceptors (Lipinski definition) is 4. The Kier molecular flexibility index (Phi) is 4.81. The first-order valence-corrected chi connectivity index (χ1v) is 8.81. The summed E-state index contributed by atoms with van der Waals surface area (Å²) >= 11 is 6.46. The zero-order valence-corrected chi connectivity index (χ0v) is 15.1. The summed E-state index contributed by atoms with van der Waals surface area (Å²) in [6.45, 7) is 0.379. The van der Waals surface area contributed by atoms with Gasteiger partial charge in [0, 0.05) is 23.5 Å². The molecule has 4 aromatic rings. The molecule has 132 valence electrons. The van der Waals surface area contributed by atoms with Crippen molar-refractivity contribution in [1.29, 1.82) is 0 Å². The first-order chi connectivity index (χ1) is 13.2. The Morgan fingerprint density at radius 1 is 0.889 bits per heavy atom. The van der Waals surface area contributed by atoms with E-state index in [0.717, 1.165) is 11.1 Å². The molecule has 5 heteroatoms. The molecule has 0 unspecified atom stereocenters. The van der Waals surface area contributed by atoms with Crippen molar-refractivity contribution in [3.63, 3.8) is 0 Å². The number of aromatic nitrogens is 2. The van der Waals surface area contributed by atoms with Crippen molar-refractivity contribution in [2.45, 2.75) is 6.61 Å². The highest BCUT2D eigenvalue weighted by Gasteiger charge is 2.17. The molecule has 0 saturated carbocycles. The lowest BCUT2D eigenvalue weighted by atomic mass is 10.0. The van der Waals surface area contributed by atoms with Crippen LogP contribution >= 0.6 is 11.6 Å². The average Bonchev–Trinajstić information content (AvgIpc) is 2.73. The van der Waals surface area contributed by atoms with E-state index in [9.17, 15) is 4.79 Å². The minimum atomic E-state index is -0.183. The molecule has 0 fully saturated rings. The van der Waals surface area contributed by atoms with Crippen LogP contribution in [0.3, 0.4) is 0 Å². The molecule has 0 aliphatic carbocycles.